The number of carboxylic acids is 1. The summed E-state index contributed by atoms with van der Waals surface area (Å²) >= 11 is 0. The van der Waals surface area contributed by atoms with Crippen LogP contribution in [-0.4, -0.2) is 27.3 Å². The van der Waals surface area contributed by atoms with Crippen LogP contribution in [0.1, 0.15) is 5.69 Å². The molecule has 0 aromatic carbocycles. The fourth-order valence-electron chi connectivity index (χ4n) is 1.11. The Morgan fingerprint density at radius 2 is 2.11 bits per heavy atom. The minimum Gasteiger partial charge on any atom is -0.481 e. The number of pyridine rings is 1. The maximum absolute atomic E-state index is 13.5. The first-order chi connectivity index (χ1) is 8.61. The van der Waals surface area contributed by atoms with Gasteiger partial charge in [0.2, 0.25) is 5.75 Å². The molecule has 0 fully saturated rings. The lowest BCUT2D eigenvalue weighted by molar-refractivity contribution is -0.389. The van der Waals surface area contributed by atoms with E-state index in [1.54, 1.807) is 0 Å². The monoisotopic (exact) mass is 284 g/mol. The van der Waals surface area contributed by atoms with E-state index in [4.69, 9.17) is 5.11 Å². The summed E-state index contributed by atoms with van der Waals surface area (Å²) in [5.74, 6) is -5.13. The molecule has 0 aliphatic carbocycles. The Balaban J connectivity index is 3.35. The van der Waals surface area contributed by atoms with Gasteiger partial charge >= 0.3 is 18.0 Å². The molecule has 0 atom stereocenters. The lowest BCUT2D eigenvalue weighted by Crippen LogP contribution is -2.20. The average molecular weight is 284 g/mol. The summed E-state index contributed by atoms with van der Waals surface area (Å²) in [5.41, 5.74) is -2.26. The van der Waals surface area contributed by atoms with E-state index in [1.807, 2.05) is 0 Å². The Labute approximate surface area is 101 Å². The molecule has 0 unspecified atom stereocenters. The van der Waals surface area contributed by atoms with Crippen LogP contribution in [0, 0.1) is 15.9 Å². The van der Waals surface area contributed by atoms with Crippen molar-refractivity contribution >= 4 is 11.7 Å². The van der Waals surface area contributed by atoms with E-state index in [0.29, 0.717) is 6.20 Å². The van der Waals surface area contributed by atoms with Crippen LogP contribution in [-0.2, 0) is 11.2 Å². The van der Waals surface area contributed by atoms with E-state index >= 15 is 0 Å². The zero-order chi connectivity index (χ0) is 14.8. The van der Waals surface area contributed by atoms with Gasteiger partial charge in [-0.3, -0.25) is 19.9 Å². The van der Waals surface area contributed by atoms with Crippen LogP contribution >= 0.6 is 0 Å². The molecule has 19 heavy (non-hydrogen) atoms. The molecule has 7 nitrogen and oxygen atoms in total. The topological polar surface area (TPSA) is 103 Å². The number of aliphatic carboxylic acids is 1. The van der Waals surface area contributed by atoms with Gasteiger partial charge in [-0.15, -0.1) is 13.2 Å². The van der Waals surface area contributed by atoms with Crippen LogP contribution in [0.15, 0.2) is 6.20 Å². The summed E-state index contributed by atoms with van der Waals surface area (Å²) in [7, 11) is 0. The molecule has 0 aliphatic heterocycles. The molecule has 0 saturated carbocycles. The Morgan fingerprint density at radius 1 is 1.53 bits per heavy atom. The number of hydrogen-bond acceptors (Lipinski definition) is 5. The first-order valence-corrected chi connectivity index (χ1v) is 4.41. The number of halogens is 4. The van der Waals surface area contributed by atoms with Crippen molar-refractivity contribution in [3.63, 3.8) is 0 Å². The van der Waals surface area contributed by atoms with Crippen LogP contribution in [0.3, 0.4) is 0 Å². The number of carboxylic acid groups (broad SMARTS) is 1. The third-order valence-corrected chi connectivity index (χ3v) is 1.76. The average Bonchev–Trinajstić information content (AvgIpc) is 2.21. The first-order valence-electron chi connectivity index (χ1n) is 4.41. The zero-order valence-electron chi connectivity index (χ0n) is 8.77. The smallest absolute Gasteiger partial charge is 0.481 e. The van der Waals surface area contributed by atoms with Gasteiger partial charge in [-0.05, 0) is 0 Å². The van der Waals surface area contributed by atoms with E-state index in [9.17, 15) is 32.5 Å². The molecule has 1 rings (SSSR count). The molecule has 0 bridgehead atoms. The number of nitrogens with zero attached hydrogens (tertiary/aromatic N) is 2. The van der Waals surface area contributed by atoms with Gasteiger partial charge in [0, 0.05) is 0 Å². The molecule has 1 heterocycles. The van der Waals surface area contributed by atoms with Crippen molar-refractivity contribution < 1.29 is 37.1 Å². The number of nitro groups is 1. The van der Waals surface area contributed by atoms with E-state index in [2.05, 4.69) is 9.72 Å². The second-order valence-electron chi connectivity index (χ2n) is 3.11. The number of alkyl halides is 3. The normalized spacial score (nSPS) is 11.2. The number of ether oxygens (including phenoxy) is 1. The van der Waals surface area contributed by atoms with Crippen molar-refractivity contribution in [1.29, 1.82) is 0 Å². The number of hydrogen-bond donors (Lipinski definition) is 1. The number of aromatic nitrogens is 1. The van der Waals surface area contributed by atoms with Crippen LogP contribution < -0.4 is 4.74 Å². The van der Waals surface area contributed by atoms with E-state index in [0.717, 1.165) is 0 Å². The predicted octanol–water partition coefficient (Wildman–Crippen LogP) is 1.65. The summed E-state index contributed by atoms with van der Waals surface area (Å²) in [6.45, 7) is 0. The minimum absolute atomic E-state index is 0.294. The molecule has 1 aromatic rings. The minimum atomic E-state index is -5.37. The lowest BCUT2D eigenvalue weighted by Gasteiger charge is -2.11. The van der Waals surface area contributed by atoms with Gasteiger partial charge in [-0.25, -0.2) is 4.39 Å². The highest BCUT2D eigenvalue weighted by atomic mass is 19.4. The molecule has 0 spiro atoms. The lowest BCUT2D eigenvalue weighted by atomic mass is 10.2. The van der Waals surface area contributed by atoms with E-state index in [-0.39, 0.29) is 0 Å². The molecule has 1 aromatic heterocycles. The van der Waals surface area contributed by atoms with Gasteiger partial charge in [0.15, 0.2) is 5.82 Å². The summed E-state index contributed by atoms with van der Waals surface area (Å²) in [6, 6.07) is 0. The second-order valence-corrected chi connectivity index (χ2v) is 3.11. The molecule has 0 aliphatic rings. The summed E-state index contributed by atoms with van der Waals surface area (Å²) in [6.07, 6.45) is -6.12. The van der Waals surface area contributed by atoms with Crippen LogP contribution in [0.4, 0.5) is 23.2 Å². The summed E-state index contributed by atoms with van der Waals surface area (Å²) < 4.78 is 52.8. The van der Waals surface area contributed by atoms with Crippen LogP contribution in [0.25, 0.3) is 0 Å². The Morgan fingerprint density at radius 3 is 2.53 bits per heavy atom. The molecule has 11 heteroatoms. The van der Waals surface area contributed by atoms with Crippen molar-refractivity contribution in [2.75, 3.05) is 0 Å². The van der Waals surface area contributed by atoms with Crippen molar-refractivity contribution in [3.05, 3.63) is 27.8 Å². The van der Waals surface area contributed by atoms with Gasteiger partial charge < -0.3 is 9.84 Å². The highest BCUT2D eigenvalue weighted by molar-refractivity contribution is 5.70. The van der Waals surface area contributed by atoms with E-state index < -0.39 is 46.6 Å². The maximum atomic E-state index is 13.5. The summed E-state index contributed by atoms with van der Waals surface area (Å²) in [4.78, 5) is 22.5. The van der Waals surface area contributed by atoms with Crippen molar-refractivity contribution in [1.82, 2.24) is 4.98 Å². The fraction of sp³-hybridized carbons (Fsp3) is 0.250. The maximum Gasteiger partial charge on any atom is 0.573 e. The molecular formula is C8H4F4N2O5. The summed E-state index contributed by atoms with van der Waals surface area (Å²) in [5, 5.41) is 18.8. The molecular weight excluding hydrogens is 280 g/mol. The van der Waals surface area contributed by atoms with Crippen LogP contribution in [0.2, 0.25) is 0 Å². The molecule has 1 N–H and O–H groups in total. The largest absolute Gasteiger partial charge is 0.573 e. The Kier molecular flexibility index (Phi) is 3.87. The van der Waals surface area contributed by atoms with Gasteiger partial charge in [0.05, 0.1) is 17.0 Å². The quantitative estimate of drug-likeness (QED) is 0.512. The highest BCUT2D eigenvalue weighted by Crippen LogP contribution is 2.35. The predicted molar refractivity (Wildman–Crippen MR) is 48.9 cm³/mol. The number of carbonyl (C=O) groups is 1. The fourth-order valence-corrected chi connectivity index (χ4v) is 1.11. The number of rotatable bonds is 4. The van der Waals surface area contributed by atoms with Crippen LogP contribution in [0.5, 0.6) is 5.75 Å². The Bertz CT molecular complexity index is 531. The van der Waals surface area contributed by atoms with Crippen molar-refractivity contribution in [3.8, 4) is 5.75 Å². The molecule has 104 valence electrons. The third kappa shape index (κ3) is 3.76. The Hall–Kier alpha value is -2.46. The third-order valence-electron chi connectivity index (χ3n) is 1.76. The van der Waals surface area contributed by atoms with Gasteiger partial charge in [0.25, 0.3) is 0 Å². The van der Waals surface area contributed by atoms with Gasteiger partial charge in [-0.2, -0.15) is 0 Å². The van der Waals surface area contributed by atoms with Gasteiger partial charge in [-0.1, -0.05) is 0 Å². The molecule has 0 radical (unpaired) electrons. The van der Waals surface area contributed by atoms with Crippen molar-refractivity contribution in [2.45, 2.75) is 12.8 Å². The van der Waals surface area contributed by atoms with Gasteiger partial charge in [0.1, 0.15) is 6.20 Å². The second kappa shape index (κ2) is 5.04. The zero-order valence-corrected chi connectivity index (χ0v) is 8.77. The SMILES string of the molecule is O=C(O)Cc1ncc([N+](=O)[O-])c(OC(F)(F)F)c1F. The molecule has 0 saturated heterocycles. The standard InChI is InChI=1S/C8H4F4N2O5/c9-6-3(1-5(15)16)13-2-4(14(17)18)7(6)19-8(10,11)12/h2H,1H2,(H,15,16). The molecule has 0 amide bonds. The van der Waals surface area contributed by atoms with Crippen molar-refractivity contribution in [2.24, 2.45) is 0 Å². The highest BCUT2D eigenvalue weighted by Gasteiger charge is 2.37. The van der Waals surface area contributed by atoms with E-state index in [1.165, 1.54) is 0 Å². The first kappa shape index (κ1) is 14.6.